The van der Waals surface area contributed by atoms with Crippen LogP contribution in [0.3, 0.4) is 0 Å². The predicted octanol–water partition coefficient (Wildman–Crippen LogP) is 5.11. The molecule has 0 N–H and O–H groups in total. The lowest BCUT2D eigenvalue weighted by Gasteiger charge is -2.10. The maximum atomic E-state index is 5.38. The van der Waals surface area contributed by atoms with Crippen molar-refractivity contribution in [1.29, 1.82) is 0 Å². The molecule has 0 amide bonds. The Hall–Kier alpha value is -2.33. The molecule has 0 aliphatic rings. The largest absolute Gasteiger partial charge is 0.493 e. The molecule has 0 atom stereocenters. The van der Waals surface area contributed by atoms with E-state index in [-0.39, 0.29) is 0 Å². The van der Waals surface area contributed by atoms with E-state index >= 15 is 0 Å². The smallest absolute Gasteiger partial charge is 0.161 e. The topological polar surface area (TPSA) is 31.4 Å². The maximum absolute atomic E-state index is 5.38. The van der Waals surface area contributed by atoms with Gasteiger partial charge in [0.1, 0.15) is 0 Å². The third-order valence-electron chi connectivity index (χ3n) is 3.78. The molecular weight excluding hydrogens is 306 g/mol. The molecule has 0 fully saturated rings. The summed E-state index contributed by atoms with van der Waals surface area (Å²) in [5, 5.41) is 1.10. The Morgan fingerprint density at radius 2 is 1.39 bits per heavy atom. The quantitative estimate of drug-likeness (QED) is 0.668. The van der Waals surface area contributed by atoms with Crippen LogP contribution in [0.1, 0.15) is 9.88 Å². The molecule has 3 rings (SSSR count). The van der Waals surface area contributed by atoms with Crippen molar-refractivity contribution >= 4 is 11.3 Å². The van der Waals surface area contributed by atoms with Gasteiger partial charge < -0.3 is 9.47 Å². The van der Waals surface area contributed by atoms with Crippen LogP contribution in [0.15, 0.2) is 42.5 Å². The molecule has 0 aliphatic carbocycles. The summed E-state index contributed by atoms with van der Waals surface area (Å²) in [6.45, 7) is 4.15. The average molecular weight is 325 g/mol. The molecule has 3 nitrogen and oxygen atoms in total. The first-order valence-electron chi connectivity index (χ1n) is 7.39. The zero-order valence-electron chi connectivity index (χ0n) is 13.7. The standard InChI is InChI=1S/C19H19NO2S/c1-12-19(20-13(2)23-12)15-7-5-14(6-8-15)16-9-10-17(21-3)18(11-16)22-4/h5-11H,1-4H3. The Kier molecular flexibility index (Phi) is 4.35. The van der Waals surface area contributed by atoms with Crippen LogP contribution in [0.5, 0.6) is 11.5 Å². The van der Waals surface area contributed by atoms with Crippen LogP contribution in [-0.4, -0.2) is 19.2 Å². The fourth-order valence-corrected chi connectivity index (χ4v) is 3.47. The summed E-state index contributed by atoms with van der Waals surface area (Å²) in [7, 11) is 3.29. The Balaban J connectivity index is 1.95. The maximum Gasteiger partial charge on any atom is 0.161 e. The van der Waals surface area contributed by atoms with Crippen molar-refractivity contribution in [3.05, 3.63) is 52.3 Å². The molecular formula is C19H19NO2S. The molecule has 0 spiro atoms. The highest BCUT2D eigenvalue weighted by Gasteiger charge is 2.09. The number of methoxy groups -OCH3 is 2. The Morgan fingerprint density at radius 1 is 0.783 bits per heavy atom. The van der Waals surface area contributed by atoms with Crippen molar-refractivity contribution in [2.75, 3.05) is 14.2 Å². The predicted molar refractivity (Wildman–Crippen MR) is 95.6 cm³/mol. The summed E-state index contributed by atoms with van der Waals surface area (Å²) in [5.41, 5.74) is 4.46. The number of hydrogen-bond donors (Lipinski definition) is 0. The van der Waals surface area contributed by atoms with Gasteiger partial charge in [-0.2, -0.15) is 0 Å². The third-order valence-corrected chi connectivity index (χ3v) is 4.66. The van der Waals surface area contributed by atoms with Crippen LogP contribution in [0.25, 0.3) is 22.4 Å². The Bertz CT molecular complexity index is 822. The molecule has 0 unspecified atom stereocenters. The van der Waals surface area contributed by atoms with E-state index in [9.17, 15) is 0 Å². The molecule has 0 radical (unpaired) electrons. The zero-order valence-corrected chi connectivity index (χ0v) is 14.5. The van der Waals surface area contributed by atoms with Gasteiger partial charge in [0.05, 0.1) is 24.9 Å². The van der Waals surface area contributed by atoms with Crippen molar-refractivity contribution < 1.29 is 9.47 Å². The Labute approximate surface area is 140 Å². The van der Waals surface area contributed by atoms with Crippen LogP contribution in [-0.2, 0) is 0 Å². The lowest BCUT2D eigenvalue weighted by atomic mass is 10.0. The van der Waals surface area contributed by atoms with Crippen molar-refractivity contribution in [2.24, 2.45) is 0 Å². The van der Waals surface area contributed by atoms with Gasteiger partial charge in [-0.25, -0.2) is 4.98 Å². The van der Waals surface area contributed by atoms with Crippen LogP contribution in [0.2, 0.25) is 0 Å². The number of aryl methyl sites for hydroxylation is 2. The third kappa shape index (κ3) is 3.08. The fourth-order valence-electron chi connectivity index (χ4n) is 2.63. The van der Waals surface area contributed by atoms with Gasteiger partial charge in [0.25, 0.3) is 0 Å². The first-order valence-corrected chi connectivity index (χ1v) is 8.21. The number of aromatic nitrogens is 1. The number of rotatable bonds is 4. The van der Waals surface area contributed by atoms with E-state index < -0.39 is 0 Å². The summed E-state index contributed by atoms with van der Waals surface area (Å²) in [5.74, 6) is 1.47. The highest BCUT2D eigenvalue weighted by atomic mass is 32.1. The van der Waals surface area contributed by atoms with Crippen LogP contribution < -0.4 is 9.47 Å². The van der Waals surface area contributed by atoms with Gasteiger partial charge in [-0.3, -0.25) is 0 Å². The van der Waals surface area contributed by atoms with Crippen LogP contribution in [0, 0.1) is 13.8 Å². The summed E-state index contributed by atoms with van der Waals surface area (Å²) in [6, 6.07) is 14.4. The molecule has 1 heterocycles. The minimum atomic E-state index is 0.736. The number of nitrogens with zero attached hydrogens (tertiary/aromatic N) is 1. The van der Waals surface area contributed by atoms with Crippen molar-refractivity contribution in [2.45, 2.75) is 13.8 Å². The van der Waals surface area contributed by atoms with E-state index in [1.165, 1.54) is 4.88 Å². The normalized spacial score (nSPS) is 10.6. The molecule has 4 heteroatoms. The Morgan fingerprint density at radius 3 is 1.96 bits per heavy atom. The highest BCUT2D eigenvalue weighted by molar-refractivity contribution is 7.11. The van der Waals surface area contributed by atoms with E-state index in [1.54, 1.807) is 25.6 Å². The van der Waals surface area contributed by atoms with Gasteiger partial charge in [0.2, 0.25) is 0 Å². The highest BCUT2D eigenvalue weighted by Crippen LogP contribution is 2.33. The second-order valence-electron chi connectivity index (χ2n) is 5.28. The molecule has 0 saturated carbocycles. The second kappa shape index (κ2) is 6.42. The zero-order chi connectivity index (χ0) is 16.4. The molecule has 1 aromatic heterocycles. The SMILES string of the molecule is COc1ccc(-c2ccc(-c3nc(C)sc3C)cc2)cc1OC. The van der Waals surface area contributed by atoms with E-state index in [0.29, 0.717) is 0 Å². The van der Waals surface area contributed by atoms with Crippen molar-refractivity contribution in [1.82, 2.24) is 4.98 Å². The van der Waals surface area contributed by atoms with Gasteiger partial charge in [0.15, 0.2) is 11.5 Å². The van der Waals surface area contributed by atoms with E-state index in [4.69, 9.17) is 9.47 Å². The van der Waals surface area contributed by atoms with Crippen LogP contribution in [0.4, 0.5) is 0 Å². The van der Waals surface area contributed by atoms with E-state index in [2.05, 4.69) is 36.2 Å². The van der Waals surface area contributed by atoms with E-state index in [0.717, 1.165) is 38.9 Å². The molecule has 0 bridgehead atoms. The van der Waals surface area contributed by atoms with Crippen molar-refractivity contribution in [3.8, 4) is 33.9 Å². The van der Waals surface area contributed by atoms with Gasteiger partial charge >= 0.3 is 0 Å². The minimum Gasteiger partial charge on any atom is -0.493 e. The summed E-state index contributed by atoms with van der Waals surface area (Å²) in [4.78, 5) is 5.87. The number of hydrogen-bond acceptors (Lipinski definition) is 4. The van der Waals surface area contributed by atoms with Gasteiger partial charge in [-0.05, 0) is 37.1 Å². The van der Waals surface area contributed by atoms with Gasteiger partial charge in [-0.15, -0.1) is 11.3 Å². The number of thiazole rings is 1. The molecule has 0 aliphatic heterocycles. The van der Waals surface area contributed by atoms with Crippen molar-refractivity contribution in [3.63, 3.8) is 0 Å². The summed E-state index contributed by atoms with van der Waals surface area (Å²) in [6.07, 6.45) is 0. The number of benzene rings is 2. The molecule has 2 aromatic carbocycles. The minimum absolute atomic E-state index is 0.736. The first kappa shape index (κ1) is 15.6. The molecule has 23 heavy (non-hydrogen) atoms. The van der Waals surface area contributed by atoms with E-state index in [1.807, 2.05) is 25.1 Å². The van der Waals surface area contributed by atoms with Gasteiger partial charge in [-0.1, -0.05) is 30.3 Å². The fraction of sp³-hybridized carbons (Fsp3) is 0.211. The average Bonchev–Trinajstić information content (AvgIpc) is 2.92. The molecule has 0 saturated heterocycles. The monoisotopic (exact) mass is 325 g/mol. The summed E-state index contributed by atoms with van der Waals surface area (Å²) >= 11 is 1.73. The van der Waals surface area contributed by atoms with Gasteiger partial charge in [0, 0.05) is 10.4 Å². The molecule has 3 aromatic rings. The molecule has 118 valence electrons. The lowest BCUT2D eigenvalue weighted by molar-refractivity contribution is 0.355. The second-order valence-corrected chi connectivity index (χ2v) is 6.69. The number of ether oxygens (including phenoxy) is 2. The lowest BCUT2D eigenvalue weighted by Crippen LogP contribution is -1.91. The van der Waals surface area contributed by atoms with Crippen LogP contribution >= 0.6 is 11.3 Å². The summed E-state index contributed by atoms with van der Waals surface area (Å²) < 4.78 is 10.7. The first-order chi connectivity index (χ1) is 11.1.